The minimum absolute atomic E-state index is 0.0295. The van der Waals surface area contributed by atoms with Gasteiger partial charge in [-0.2, -0.15) is 5.26 Å². The fourth-order valence-corrected chi connectivity index (χ4v) is 8.42. The van der Waals surface area contributed by atoms with E-state index in [0.29, 0.717) is 28.9 Å². The van der Waals surface area contributed by atoms with Crippen molar-refractivity contribution in [2.45, 2.75) is 36.7 Å². The summed E-state index contributed by atoms with van der Waals surface area (Å²) in [4.78, 5) is 4.16. The van der Waals surface area contributed by atoms with E-state index in [1.807, 2.05) is 6.07 Å². The molecule has 2 aromatic carbocycles. The molecule has 0 unspecified atom stereocenters. The summed E-state index contributed by atoms with van der Waals surface area (Å²) in [5, 5.41) is 29.4. The van der Waals surface area contributed by atoms with Gasteiger partial charge in [-0.05, 0) is 36.4 Å². The van der Waals surface area contributed by atoms with E-state index in [0.717, 1.165) is 16.6 Å². The first-order valence-electron chi connectivity index (χ1n) is 14.7. The minimum atomic E-state index is -4.48. The van der Waals surface area contributed by atoms with E-state index in [1.54, 1.807) is 36.4 Å². The van der Waals surface area contributed by atoms with Crippen LogP contribution in [0, 0.1) is 11.3 Å². The van der Waals surface area contributed by atoms with Gasteiger partial charge in [-0.25, -0.2) is 26.1 Å². The number of methoxy groups -OCH3 is 3. The van der Waals surface area contributed by atoms with E-state index in [2.05, 4.69) is 34.8 Å². The van der Waals surface area contributed by atoms with Crippen LogP contribution >= 0.6 is 0 Å². The molecule has 0 aliphatic heterocycles. The third-order valence-corrected chi connectivity index (χ3v) is 12.0. The van der Waals surface area contributed by atoms with Gasteiger partial charge in [0.2, 0.25) is 21.9 Å². The van der Waals surface area contributed by atoms with Crippen LogP contribution in [0.2, 0.25) is 25.7 Å². The van der Waals surface area contributed by atoms with Crippen LogP contribution in [-0.4, -0.2) is 89.6 Å². The summed E-state index contributed by atoms with van der Waals surface area (Å²) in [6.07, 6.45) is -0.857. The van der Waals surface area contributed by atoms with E-state index < -0.39 is 39.8 Å². The molecule has 0 aliphatic rings. The van der Waals surface area contributed by atoms with Crippen molar-refractivity contribution in [2.75, 3.05) is 44.2 Å². The predicted molar refractivity (Wildman–Crippen MR) is 183 cm³/mol. The second kappa shape index (κ2) is 14.3. The minimum Gasteiger partial charge on any atom is -0.494 e. The molecule has 14 nitrogen and oxygen atoms in total. The lowest BCUT2D eigenvalue weighted by Gasteiger charge is -2.28. The van der Waals surface area contributed by atoms with Crippen molar-refractivity contribution in [3.8, 4) is 40.7 Å². The second-order valence-electron chi connectivity index (χ2n) is 12.0. The number of para-hydroxylation sites is 1. The van der Waals surface area contributed by atoms with Crippen molar-refractivity contribution >= 4 is 33.9 Å². The fraction of sp³-hybridized carbons (Fsp3) is 0.355. The van der Waals surface area contributed by atoms with Gasteiger partial charge in [0, 0.05) is 32.5 Å². The lowest BCUT2D eigenvalue weighted by Crippen LogP contribution is -2.40. The zero-order chi connectivity index (χ0) is 35.4. The van der Waals surface area contributed by atoms with Crippen molar-refractivity contribution in [3.05, 3.63) is 65.7 Å². The highest BCUT2D eigenvalue weighted by atomic mass is 32.2. The first kappa shape index (κ1) is 36.3. The van der Waals surface area contributed by atoms with Crippen molar-refractivity contribution in [2.24, 2.45) is 0 Å². The molecule has 1 atom stereocenters. The molecule has 17 heteroatoms. The Morgan fingerprint density at radius 1 is 0.958 bits per heavy atom. The van der Waals surface area contributed by atoms with Gasteiger partial charge >= 0.3 is 0 Å². The van der Waals surface area contributed by atoms with Gasteiger partial charge < -0.3 is 19.3 Å². The van der Waals surface area contributed by atoms with Gasteiger partial charge in [-0.15, -0.1) is 10.2 Å². The number of ether oxygens (including phenoxy) is 3. The first-order valence-corrected chi connectivity index (χ1v) is 21.9. The maximum Gasteiger partial charge on any atom is 0.246 e. The largest absolute Gasteiger partial charge is 0.494 e. The topological polar surface area (TPSA) is 187 Å². The molecule has 2 heterocycles. The number of anilines is 1. The number of aliphatic hydroxyl groups excluding tert-OH is 1. The Morgan fingerprint density at radius 3 is 2.17 bits per heavy atom. The summed E-state index contributed by atoms with van der Waals surface area (Å²) >= 11 is 0. The van der Waals surface area contributed by atoms with Crippen LogP contribution in [0.3, 0.4) is 0 Å². The number of aromatic nitrogens is 4. The number of nitriles is 1. The predicted octanol–water partition coefficient (Wildman–Crippen LogP) is 3.84. The average molecular weight is 715 g/mol. The van der Waals surface area contributed by atoms with Crippen LogP contribution < -0.4 is 18.5 Å². The molecule has 48 heavy (non-hydrogen) atoms. The first-order chi connectivity index (χ1) is 22.5. The van der Waals surface area contributed by atoms with Crippen LogP contribution in [0.5, 0.6) is 17.4 Å². The molecule has 0 saturated heterocycles. The molecule has 2 aromatic heterocycles. The molecule has 0 aliphatic carbocycles. The number of sulfonamides is 1. The standard InChI is InChI=1S/C31H38N6O8S2Si/c1-43-25-11-9-12-26(44-2)29(25)37-30(23-10-8-13-28(33-23)45-3)34-35-31(37)36(16-17-48(5,6)7)47(41,42)20-24(38)22-15-14-21(19-32)18-27(22)46(4,39)40/h8-15,18,24,38H,16-17,20H2,1-7H3/t24-/m0/s1. The molecule has 0 amide bonds. The zero-order valence-electron chi connectivity index (χ0n) is 27.7. The van der Waals surface area contributed by atoms with Gasteiger partial charge in [0.05, 0.1) is 49.7 Å². The number of hydrogen-bond donors (Lipinski definition) is 1. The Balaban J connectivity index is 1.98. The molecule has 4 aromatic rings. The normalized spacial score (nSPS) is 12.6. The van der Waals surface area contributed by atoms with E-state index in [9.17, 15) is 27.2 Å². The number of nitrogens with zero attached hydrogens (tertiary/aromatic N) is 6. The molecule has 0 spiro atoms. The summed E-state index contributed by atoms with van der Waals surface area (Å²) in [6, 6.07) is 16.1. The molecule has 0 radical (unpaired) electrons. The maximum atomic E-state index is 14.5. The lowest BCUT2D eigenvalue weighted by molar-refractivity contribution is 0.198. The van der Waals surface area contributed by atoms with Crippen molar-refractivity contribution in [3.63, 3.8) is 0 Å². The Hall–Kier alpha value is -4.50. The van der Waals surface area contributed by atoms with Crippen molar-refractivity contribution in [1.82, 2.24) is 19.7 Å². The smallest absolute Gasteiger partial charge is 0.246 e. The molecule has 4 rings (SSSR count). The Morgan fingerprint density at radius 2 is 1.60 bits per heavy atom. The van der Waals surface area contributed by atoms with Gasteiger partial charge in [-0.1, -0.05) is 37.8 Å². The lowest BCUT2D eigenvalue weighted by atomic mass is 10.1. The highest BCUT2D eigenvalue weighted by Crippen LogP contribution is 2.39. The summed E-state index contributed by atoms with van der Waals surface area (Å²) < 4.78 is 73.4. The molecule has 0 bridgehead atoms. The number of benzene rings is 2. The second-order valence-corrected chi connectivity index (χ2v) is 21.6. The van der Waals surface area contributed by atoms with E-state index in [1.165, 1.54) is 38.0 Å². The third kappa shape index (κ3) is 7.95. The zero-order valence-corrected chi connectivity index (χ0v) is 30.3. The maximum absolute atomic E-state index is 14.5. The van der Waals surface area contributed by atoms with Gasteiger partial charge in [0.1, 0.15) is 22.9 Å². The molecule has 256 valence electrons. The fourth-order valence-electron chi connectivity index (χ4n) is 4.89. The van der Waals surface area contributed by atoms with Crippen LogP contribution in [0.4, 0.5) is 5.95 Å². The summed E-state index contributed by atoms with van der Waals surface area (Å²) in [7, 11) is -5.94. The Labute approximate surface area is 281 Å². The summed E-state index contributed by atoms with van der Waals surface area (Å²) in [5.41, 5.74) is 0.490. The van der Waals surface area contributed by atoms with Gasteiger partial charge in [-0.3, -0.25) is 4.57 Å². The number of hydrogen-bond acceptors (Lipinski definition) is 12. The highest BCUT2D eigenvalue weighted by molar-refractivity contribution is 7.92. The quantitative estimate of drug-likeness (QED) is 0.186. The van der Waals surface area contributed by atoms with E-state index in [4.69, 9.17) is 14.2 Å². The van der Waals surface area contributed by atoms with Gasteiger partial charge in [0.15, 0.2) is 15.7 Å². The number of sulfone groups is 1. The summed E-state index contributed by atoms with van der Waals surface area (Å²) in [5.74, 6) is 0.0226. The van der Waals surface area contributed by atoms with Crippen LogP contribution in [0.1, 0.15) is 17.2 Å². The average Bonchev–Trinajstić information content (AvgIpc) is 3.46. The molecular formula is C31H38N6O8S2Si. The van der Waals surface area contributed by atoms with Crippen molar-refractivity contribution < 1.29 is 36.2 Å². The molecule has 0 saturated carbocycles. The van der Waals surface area contributed by atoms with Crippen molar-refractivity contribution in [1.29, 1.82) is 5.26 Å². The Kier molecular flexibility index (Phi) is 10.8. The molecule has 0 fully saturated rings. The SMILES string of the molecule is COc1cccc(-c2nnc(N(CC[Si](C)(C)C)S(=O)(=O)C[C@H](O)c3ccc(C#N)cc3S(C)(=O)=O)n2-c2c(OC)cccc2OC)n1. The number of rotatable bonds is 14. The number of pyridine rings is 1. The highest BCUT2D eigenvalue weighted by Gasteiger charge is 2.35. The monoisotopic (exact) mass is 714 g/mol. The number of aliphatic hydroxyl groups is 1. The van der Waals surface area contributed by atoms with Crippen LogP contribution in [-0.2, 0) is 19.9 Å². The molecule has 1 N–H and O–H groups in total. The van der Waals surface area contributed by atoms with Gasteiger partial charge in [0.25, 0.3) is 0 Å². The Bertz CT molecular complexity index is 2040. The third-order valence-electron chi connectivity index (χ3n) is 7.33. The molecular weight excluding hydrogens is 677 g/mol. The van der Waals surface area contributed by atoms with Crippen LogP contribution in [0.15, 0.2) is 59.5 Å². The van der Waals surface area contributed by atoms with E-state index >= 15 is 0 Å². The van der Waals surface area contributed by atoms with E-state index in [-0.39, 0.29) is 40.2 Å². The summed E-state index contributed by atoms with van der Waals surface area (Å²) in [6.45, 7) is 6.22. The van der Waals surface area contributed by atoms with Crippen LogP contribution in [0.25, 0.3) is 17.2 Å².